The van der Waals surface area contributed by atoms with E-state index in [1.54, 1.807) is 24.4 Å². The smallest absolute Gasteiger partial charge is 0.231 e. The average Bonchev–Trinajstić information content (AvgIpc) is 2.80. The van der Waals surface area contributed by atoms with E-state index in [0.29, 0.717) is 33.2 Å². The quantitative estimate of drug-likeness (QED) is 0.440. The summed E-state index contributed by atoms with van der Waals surface area (Å²) in [6, 6.07) is 22.3. The van der Waals surface area contributed by atoms with Crippen molar-refractivity contribution >= 4 is 27.8 Å². The maximum Gasteiger partial charge on any atom is 0.231 e. The van der Waals surface area contributed by atoms with E-state index in [0.717, 1.165) is 5.56 Å². The number of pyridine rings is 2. The highest BCUT2D eigenvalue weighted by atomic mass is 16.3. The van der Waals surface area contributed by atoms with Gasteiger partial charge in [-0.05, 0) is 6.07 Å². The molecule has 0 aliphatic carbocycles. The molecule has 30 heavy (non-hydrogen) atoms. The van der Waals surface area contributed by atoms with Crippen molar-refractivity contribution in [1.82, 2.24) is 9.97 Å². The Bertz CT molecular complexity index is 1520. The number of benzene rings is 2. The highest BCUT2D eigenvalue weighted by Gasteiger charge is 2.20. The summed E-state index contributed by atoms with van der Waals surface area (Å²) in [6.45, 7) is 0. The molecule has 3 heterocycles. The SMILES string of the molecule is N#Cc1c(=N)nc2oc(-c3ccccc3)cc3c(C(=O)c4ccccc4)c[nH]c1c23. The maximum absolute atomic E-state index is 13.3. The zero-order valence-electron chi connectivity index (χ0n) is 15.6. The van der Waals surface area contributed by atoms with Gasteiger partial charge < -0.3 is 9.40 Å². The van der Waals surface area contributed by atoms with E-state index >= 15 is 0 Å². The molecule has 3 aromatic heterocycles. The number of nitrogens with one attached hydrogen (secondary N) is 2. The van der Waals surface area contributed by atoms with E-state index in [4.69, 9.17) is 9.83 Å². The molecule has 0 spiro atoms. The van der Waals surface area contributed by atoms with Crippen molar-refractivity contribution in [1.29, 1.82) is 10.7 Å². The molecule has 2 N–H and O–H groups in total. The third-order valence-electron chi connectivity index (χ3n) is 5.02. The number of ketones is 1. The van der Waals surface area contributed by atoms with Gasteiger partial charge in [-0.2, -0.15) is 10.2 Å². The third-order valence-corrected chi connectivity index (χ3v) is 5.02. The highest BCUT2D eigenvalue weighted by molar-refractivity contribution is 6.20. The normalized spacial score (nSPS) is 10.9. The van der Waals surface area contributed by atoms with Crippen LogP contribution < -0.4 is 5.49 Å². The summed E-state index contributed by atoms with van der Waals surface area (Å²) >= 11 is 0. The van der Waals surface area contributed by atoms with Crippen LogP contribution in [0.1, 0.15) is 21.5 Å². The lowest BCUT2D eigenvalue weighted by molar-refractivity contribution is 0.104. The second kappa shape index (κ2) is 6.83. The van der Waals surface area contributed by atoms with E-state index in [1.807, 2.05) is 54.6 Å². The summed E-state index contributed by atoms with van der Waals surface area (Å²) in [6.07, 6.45) is 1.58. The fourth-order valence-electron chi connectivity index (χ4n) is 3.59. The first-order chi connectivity index (χ1) is 14.7. The summed E-state index contributed by atoms with van der Waals surface area (Å²) in [5, 5.41) is 18.8. The molecule has 142 valence electrons. The summed E-state index contributed by atoms with van der Waals surface area (Å²) in [5.41, 5.74) is 2.36. The van der Waals surface area contributed by atoms with Crippen LogP contribution in [-0.4, -0.2) is 15.8 Å². The standard InChI is InChI=1S/C24H14N4O2/c25-12-17-21-20-16(18(13-27-21)22(29)15-9-5-2-6-10-15)11-19(14-7-3-1-4-8-14)30-24(20)28-23(17)26/h1-11,13,26-27H. The number of rotatable bonds is 3. The van der Waals surface area contributed by atoms with E-state index in [-0.39, 0.29) is 22.5 Å². The third kappa shape index (κ3) is 2.69. The molecular formula is C24H14N4O2. The first-order valence-electron chi connectivity index (χ1n) is 9.26. The van der Waals surface area contributed by atoms with Crippen molar-refractivity contribution in [3.63, 3.8) is 0 Å². The molecule has 0 aliphatic rings. The van der Waals surface area contributed by atoms with Crippen molar-refractivity contribution < 1.29 is 9.21 Å². The molecule has 0 amide bonds. The monoisotopic (exact) mass is 390 g/mol. The fourth-order valence-corrected chi connectivity index (χ4v) is 3.59. The molecule has 0 saturated carbocycles. The Labute approximate surface area is 170 Å². The van der Waals surface area contributed by atoms with Crippen LogP contribution in [0.2, 0.25) is 0 Å². The van der Waals surface area contributed by atoms with Crippen LogP contribution in [-0.2, 0) is 0 Å². The number of nitriles is 1. The Kier molecular flexibility index (Phi) is 4.01. The van der Waals surface area contributed by atoms with Crippen LogP contribution in [0.15, 0.2) is 77.3 Å². The van der Waals surface area contributed by atoms with Gasteiger partial charge in [-0.15, -0.1) is 0 Å². The predicted molar refractivity (Wildman–Crippen MR) is 112 cm³/mol. The minimum atomic E-state index is -0.182. The largest absolute Gasteiger partial charge is 0.438 e. The van der Waals surface area contributed by atoms with Crippen molar-refractivity contribution in [2.45, 2.75) is 0 Å². The lowest BCUT2D eigenvalue weighted by Gasteiger charge is -2.12. The molecule has 6 nitrogen and oxygen atoms in total. The van der Waals surface area contributed by atoms with Crippen LogP contribution in [0.4, 0.5) is 0 Å². The number of nitrogens with zero attached hydrogens (tertiary/aromatic N) is 2. The molecule has 0 fully saturated rings. The predicted octanol–water partition coefficient (Wildman–Crippen LogP) is 4.56. The molecule has 5 rings (SSSR count). The van der Waals surface area contributed by atoms with Gasteiger partial charge in [0.2, 0.25) is 5.71 Å². The number of aromatic nitrogens is 2. The van der Waals surface area contributed by atoms with E-state index in [1.165, 1.54) is 0 Å². The summed E-state index contributed by atoms with van der Waals surface area (Å²) in [5.74, 6) is 0.364. The van der Waals surface area contributed by atoms with Gasteiger partial charge in [0, 0.05) is 28.3 Å². The van der Waals surface area contributed by atoms with Gasteiger partial charge in [0.1, 0.15) is 17.4 Å². The van der Waals surface area contributed by atoms with E-state index < -0.39 is 0 Å². The number of hydrogen-bond acceptors (Lipinski definition) is 5. The summed E-state index contributed by atoms with van der Waals surface area (Å²) in [4.78, 5) is 20.5. The molecule has 0 atom stereocenters. The lowest BCUT2D eigenvalue weighted by Crippen LogP contribution is -2.13. The molecule has 0 radical (unpaired) electrons. The second-order valence-corrected chi connectivity index (χ2v) is 6.79. The number of carbonyl (C=O) groups is 1. The highest BCUT2D eigenvalue weighted by Crippen LogP contribution is 2.33. The van der Waals surface area contributed by atoms with Crippen LogP contribution in [0.3, 0.4) is 0 Å². The van der Waals surface area contributed by atoms with Gasteiger partial charge in [-0.25, -0.2) is 0 Å². The van der Waals surface area contributed by atoms with Gasteiger partial charge in [-0.3, -0.25) is 10.2 Å². The zero-order valence-corrected chi connectivity index (χ0v) is 15.6. The number of hydrogen-bond donors (Lipinski definition) is 2. The minimum absolute atomic E-state index is 0.105. The van der Waals surface area contributed by atoms with Crippen molar-refractivity contribution in [3.8, 4) is 17.4 Å². The lowest BCUT2D eigenvalue weighted by atomic mass is 9.97. The Morgan fingerprint density at radius 2 is 1.77 bits per heavy atom. The van der Waals surface area contributed by atoms with Crippen LogP contribution in [0.5, 0.6) is 0 Å². The second-order valence-electron chi connectivity index (χ2n) is 6.79. The Hall–Kier alpha value is -4.50. The molecule has 0 bridgehead atoms. The maximum atomic E-state index is 13.3. The Balaban J connectivity index is 1.90. The Morgan fingerprint density at radius 1 is 1.07 bits per heavy atom. The molecule has 2 aromatic carbocycles. The first kappa shape index (κ1) is 17.6. The van der Waals surface area contributed by atoms with Gasteiger partial charge >= 0.3 is 0 Å². The summed E-state index contributed by atoms with van der Waals surface area (Å²) < 4.78 is 6.00. The fraction of sp³-hybridized carbons (Fsp3) is 0. The van der Waals surface area contributed by atoms with Crippen molar-refractivity contribution in [2.24, 2.45) is 0 Å². The van der Waals surface area contributed by atoms with Gasteiger partial charge in [0.05, 0.1) is 10.9 Å². The minimum Gasteiger partial charge on any atom is -0.438 e. The average molecular weight is 390 g/mol. The topological polar surface area (TPSA) is 107 Å². The molecule has 6 heteroatoms. The van der Waals surface area contributed by atoms with Crippen LogP contribution in [0.25, 0.3) is 33.3 Å². The van der Waals surface area contributed by atoms with Gasteiger partial charge in [-0.1, -0.05) is 60.7 Å². The molecule has 0 unspecified atom stereocenters. The molecular weight excluding hydrogens is 376 g/mol. The van der Waals surface area contributed by atoms with Gasteiger partial charge in [0.25, 0.3) is 0 Å². The summed E-state index contributed by atoms with van der Waals surface area (Å²) in [7, 11) is 0. The molecule has 5 aromatic rings. The van der Waals surface area contributed by atoms with Gasteiger partial charge in [0.15, 0.2) is 11.3 Å². The molecule has 0 aliphatic heterocycles. The van der Waals surface area contributed by atoms with Crippen molar-refractivity contribution in [3.05, 3.63) is 95.1 Å². The van der Waals surface area contributed by atoms with E-state index in [9.17, 15) is 10.1 Å². The molecule has 0 saturated heterocycles. The number of aromatic amines is 1. The zero-order chi connectivity index (χ0) is 20.7. The first-order valence-corrected chi connectivity index (χ1v) is 9.26. The number of carbonyl (C=O) groups excluding carboxylic acids is 1. The van der Waals surface area contributed by atoms with Crippen LogP contribution in [0, 0.1) is 16.7 Å². The van der Waals surface area contributed by atoms with Crippen molar-refractivity contribution in [2.75, 3.05) is 0 Å². The Morgan fingerprint density at radius 3 is 2.47 bits per heavy atom. The van der Waals surface area contributed by atoms with Crippen LogP contribution >= 0.6 is 0 Å². The number of H-pyrrole nitrogens is 1. The van der Waals surface area contributed by atoms with E-state index in [2.05, 4.69) is 9.97 Å².